The second kappa shape index (κ2) is 7.28. The lowest BCUT2D eigenvalue weighted by Crippen LogP contribution is -2.37. The van der Waals surface area contributed by atoms with Crippen molar-refractivity contribution in [2.45, 2.75) is 6.42 Å². The van der Waals surface area contributed by atoms with Crippen molar-refractivity contribution in [3.63, 3.8) is 0 Å². The van der Waals surface area contributed by atoms with Gasteiger partial charge in [-0.1, -0.05) is 0 Å². The number of nitro benzene ring substituents is 1. The van der Waals surface area contributed by atoms with Crippen LogP contribution < -0.4 is 5.32 Å². The minimum atomic E-state index is -1.21. The molecule has 8 heteroatoms. The maximum atomic E-state index is 13.6. The highest BCUT2D eigenvalue weighted by atomic mass is 19.2. The van der Waals surface area contributed by atoms with Crippen LogP contribution in [0.1, 0.15) is 6.42 Å². The molecular formula is C13H17F2N3O3. The first-order valence-corrected chi connectivity index (χ1v) is 6.76. The summed E-state index contributed by atoms with van der Waals surface area (Å²) in [5.74, 6) is -2.31. The van der Waals surface area contributed by atoms with Crippen LogP contribution in [-0.2, 0) is 4.74 Å². The van der Waals surface area contributed by atoms with Gasteiger partial charge in [0.15, 0.2) is 17.3 Å². The van der Waals surface area contributed by atoms with E-state index in [1.165, 1.54) is 0 Å². The summed E-state index contributed by atoms with van der Waals surface area (Å²) < 4.78 is 32.0. The van der Waals surface area contributed by atoms with Crippen molar-refractivity contribution in [2.24, 2.45) is 0 Å². The maximum absolute atomic E-state index is 13.6. The molecule has 0 atom stereocenters. The molecule has 1 fully saturated rings. The maximum Gasteiger partial charge on any atom is 0.295 e. The van der Waals surface area contributed by atoms with Crippen molar-refractivity contribution in [1.29, 1.82) is 0 Å². The quantitative estimate of drug-likeness (QED) is 0.494. The van der Waals surface area contributed by atoms with Gasteiger partial charge in [0.2, 0.25) is 0 Å². The number of nitrogens with zero attached hydrogens (tertiary/aromatic N) is 2. The van der Waals surface area contributed by atoms with Crippen LogP contribution in [-0.4, -0.2) is 49.2 Å². The molecule has 0 amide bonds. The zero-order valence-corrected chi connectivity index (χ0v) is 11.5. The molecule has 1 aliphatic heterocycles. The van der Waals surface area contributed by atoms with Crippen LogP contribution in [0.15, 0.2) is 12.1 Å². The van der Waals surface area contributed by atoms with Crippen LogP contribution in [0.4, 0.5) is 20.2 Å². The molecule has 1 saturated heterocycles. The second-order valence-electron chi connectivity index (χ2n) is 4.75. The Morgan fingerprint density at radius 2 is 2.05 bits per heavy atom. The third-order valence-electron chi connectivity index (χ3n) is 3.33. The van der Waals surface area contributed by atoms with Crippen LogP contribution >= 0.6 is 0 Å². The lowest BCUT2D eigenvalue weighted by Gasteiger charge is -2.26. The Morgan fingerprint density at radius 1 is 1.33 bits per heavy atom. The monoisotopic (exact) mass is 301 g/mol. The van der Waals surface area contributed by atoms with Crippen molar-refractivity contribution in [2.75, 3.05) is 44.7 Å². The van der Waals surface area contributed by atoms with Gasteiger partial charge in [-0.2, -0.15) is 0 Å². The van der Waals surface area contributed by atoms with Gasteiger partial charge in [0.1, 0.15) is 0 Å². The standard InChI is InChI=1S/C13H17F2N3O3/c14-10-2-3-11(18(19)20)13(12(10)15)16-4-1-5-17-6-8-21-9-7-17/h2-3,16H,1,4-9H2. The van der Waals surface area contributed by atoms with Crippen molar-refractivity contribution >= 4 is 11.4 Å². The average molecular weight is 301 g/mol. The van der Waals surface area contributed by atoms with Crippen LogP contribution in [0.5, 0.6) is 0 Å². The first-order valence-electron chi connectivity index (χ1n) is 6.76. The topological polar surface area (TPSA) is 67.6 Å². The Hall–Kier alpha value is -1.80. The fraction of sp³-hybridized carbons (Fsp3) is 0.538. The Morgan fingerprint density at radius 3 is 2.71 bits per heavy atom. The summed E-state index contributed by atoms with van der Waals surface area (Å²) >= 11 is 0. The molecule has 116 valence electrons. The lowest BCUT2D eigenvalue weighted by atomic mass is 10.2. The van der Waals surface area contributed by atoms with Crippen molar-refractivity contribution in [1.82, 2.24) is 4.90 Å². The second-order valence-corrected chi connectivity index (χ2v) is 4.75. The van der Waals surface area contributed by atoms with Gasteiger partial charge in [0.25, 0.3) is 5.69 Å². The summed E-state index contributed by atoms with van der Waals surface area (Å²) in [4.78, 5) is 12.3. The molecule has 1 aliphatic rings. The number of nitrogens with one attached hydrogen (secondary N) is 1. The molecular weight excluding hydrogens is 284 g/mol. The zero-order valence-electron chi connectivity index (χ0n) is 11.5. The summed E-state index contributed by atoms with van der Waals surface area (Å²) in [6, 6.07) is 1.72. The fourth-order valence-electron chi connectivity index (χ4n) is 2.20. The zero-order chi connectivity index (χ0) is 15.2. The molecule has 0 spiro atoms. The number of rotatable bonds is 6. The van der Waals surface area contributed by atoms with Crippen LogP contribution in [0, 0.1) is 21.7 Å². The van der Waals surface area contributed by atoms with Crippen LogP contribution in [0.2, 0.25) is 0 Å². The molecule has 1 heterocycles. The normalized spacial score (nSPS) is 15.9. The summed E-state index contributed by atoms with van der Waals surface area (Å²) in [7, 11) is 0. The Balaban J connectivity index is 1.90. The van der Waals surface area contributed by atoms with E-state index in [9.17, 15) is 18.9 Å². The molecule has 2 rings (SSSR count). The number of morpholine rings is 1. The van der Waals surface area contributed by atoms with E-state index in [-0.39, 0.29) is 5.69 Å². The van der Waals surface area contributed by atoms with Gasteiger partial charge in [-0.25, -0.2) is 8.78 Å². The molecule has 0 bridgehead atoms. The van der Waals surface area contributed by atoms with Gasteiger partial charge in [0.05, 0.1) is 18.1 Å². The van der Waals surface area contributed by atoms with Gasteiger partial charge in [-0.05, 0) is 19.0 Å². The highest BCUT2D eigenvalue weighted by Crippen LogP contribution is 2.28. The molecule has 1 N–H and O–H groups in total. The molecule has 1 aromatic rings. The van der Waals surface area contributed by atoms with Crippen molar-refractivity contribution < 1.29 is 18.4 Å². The van der Waals surface area contributed by atoms with Crippen molar-refractivity contribution in [3.05, 3.63) is 33.9 Å². The van der Waals surface area contributed by atoms with E-state index in [0.717, 1.165) is 31.8 Å². The first kappa shape index (κ1) is 15.6. The molecule has 0 aromatic heterocycles. The Labute approximate surface area is 120 Å². The largest absolute Gasteiger partial charge is 0.379 e. The van der Waals surface area contributed by atoms with E-state index < -0.39 is 22.2 Å². The third kappa shape index (κ3) is 4.08. The third-order valence-corrected chi connectivity index (χ3v) is 3.33. The number of halogens is 2. The molecule has 0 unspecified atom stereocenters. The summed E-state index contributed by atoms with van der Waals surface area (Å²) in [5.41, 5.74) is -0.845. The van der Waals surface area contributed by atoms with E-state index in [0.29, 0.717) is 26.2 Å². The Kier molecular flexibility index (Phi) is 5.40. The predicted molar refractivity (Wildman–Crippen MR) is 73.4 cm³/mol. The van der Waals surface area contributed by atoms with E-state index in [1.807, 2.05) is 0 Å². The highest BCUT2D eigenvalue weighted by molar-refractivity contribution is 5.62. The fourth-order valence-corrected chi connectivity index (χ4v) is 2.20. The Bertz CT molecular complexity index is 508. The first-order chi connectivity index (χ1) is 10.1. The minimum absolute atomic E-state index is 0.332. The molecule has 21 heavy (non-hydrogen) atoms. The molecule has 0 radical (unpaired) electrons. The van der Waals surface area contributed by atoms with Crippen molar-refractivity contribution in [3.8, 4) is 0 Å². The number of hydrogen-bond acceptors (Lipinski definition) is 5. The van der Waals surface area contributed by atoms with Gasteiger partial charge in [-0.15, -0.1) is 0 Å². The number of anilines is 1. The van der Waals surface area contributed by atoms with Gasteiger partial charge in [0, 0.05) is 25.7 Å². The minimum Gasteiger partial charge on any atom is -0.379 e. The van der Waals surface area contributed by atoms with E-state index in [4.69, 9.17) is 4.74 Å². The molecule has 0 saturated carbocycles. The highest BCUT2D eigenvalue weighted by Gasteiger charge is 2.21. The van der Waals surface area contributed by atoms with Gasteiger partial charge in [-0.3, -0.25) is 15.0 Å². The average Bonchev–Trinajstić information content (AvgIpc) is 2.48. The number of hydrogen-bond donors (Lipinski definition) is 1. The lowest BCUT2D eigenvalue weighted by molar-refractivity contribution is -0.384. The smallest absolute Gasteiger partial charge is 0.295 e. The van der Waals surface area contributed by atoms with Gasteiger partial charge >= 0.3 is 0 Å². The molecule has 0 aliphatic carbocycles. The van der Waals surface area contributed by atoms with E-state index in [1.54, 1.807) is 0 Å². The number of ether oxygens (including phenoxy) is 1. The van der Waals surface area contributed by atoms with Gasteiger partial charge < -0.3 is 10.1 Å². The molecule has 1 aromatic carbocycles. The number of benzene rings is 1. The van der Waals surface area contributed by atoms with E-state index in [2.05, 4.69) is 10.2 Å². The SMILES string of the molecule is O=[N+]([O-])c1ccc(F)c(F)c1NCCCN1CCOCC1. The van der Waals surface area contributed by atoms with Crippen LogP contribution in [0.3, 0.4) is 0 Å². The summed E-state index contributed by atoms with van der Waals surface area (Å²) in [6.07, 6.45) is 0.674. The summed E-state index contributed by atoms with van der Waals surface area (Å²) in [5, 5.41) is 13.4. The molecule has 6 nitrogen and oxygen atoms in total. The van der Waals surface area contributed by atoms with Crippen LogP contribution in [0.25, 0.3) is 0 Å². The predicted octanol–water partition coefficient (Wildman–Crippen LogP) is 2.01. The number of nitro groups is 1. The summed E-state index contributed by atoms with van der Waals surface area (Å²) in [6.45, 7) is 4.18. The van der Waals surface area contributed by atoms with E-state index >= 15 is 0 Å².